The van der Waals surface area contributed by atoms with Gasteiger partial charge >= 0.3 is 6.03 Å². The highest BCUT2D eigenvalue weighted by atomic mass is 32.2. The third kappa shape index (κ3) is 17.4. The number of nitrogens with one attached hydrogen (secondary N) is 2. The molecule has 0 aromatic rings. The Hall–Kier alpha value is -1.20. The molecule has 0 bridgehead atoms. The highest BCUT2D eigenvalue weighted by molar-refractivity contribution is 7.99. The summed E-state index contributed by atoms with van der Waals surface area (Å²) in [5, 5.41) is 15.4. The number of thioether (sulfide) groups is 1. The molecule has 0 rings (SSSR count). The van der Waals surface area contributed by atoms with Crippen LogP contribution in [-0.4, -0.2) is 41.3 Å². The lowest BCUT2D eigenvalue weighted by atomic mass is 10.1. The Morgan fingerprint density at radius 1 is 1.00 bits per heavy atom. The molecule has 0 saturated carbocycles. The smallest absolute Gasteiger partial charge is 0.315 e. The number of amides is 2. The van der Waals surface area contributed by atoms with Crippen molar-refractivity contribution < 1.29 is 9.90 Å². The van der Waals surface area contributed by atoms with Crippen LogP contribution in [0.4, 0.5) is 4.79 Å². The lowest BCUT2D eigenvalue weighted by molar-refractivity contribution is 0.155. The minimum atomic E-state index is -0.555. The first-order chi connectivity index (χ1) is 13.8. The largest absolute Gasteiger partial charge is 0.391 e. The Bertz CT molecular complexity index is 535. The fourth-order valence-electron chi connectivity index (χ4n) is 2.80. The molecule has 0 heterocycles. The van der Waals surface area contributed by atoms with Crippen molar-refractivity contribution in [2.45, 2.75) is 92.2 Å². The van der Waals surface area contributed by atoms with E-state index < -0.39 is 6.10 Å². The zero-order valence-electron chi connectivity index (χ0n) is 19.5. The van der Waals surface area contributed by atoms with Crippen LogP contribution >= 0.6 is 11.8 Å². The number of rotatable bonds is 15. The maximum Gasteiger partial charge on any atom is 0.315 e. The first kappa shape index (κ1) is 27.8. The lowest BCUT2D eigenvalue weighted by Gasteiger charge is -2.21. The summed E-state index contributed by atoms with van der Waals surface area (Å²) >= 11 is 1.77. The average Bonchev–Trinajstić information content (AvgIpc) is 2.63. The number of carbonyl (C=O) groups excluding carboxylic acids is 1. The standard InChI is InChI=1S/C24H44N2O2S/c1-7-25-24(28)26-23(22(6)27)18-29-17-11-16-21(5)14-9-8-13-20(4)15-10-12-19(2)3/h12-13,16,22-23,27H,7-11,14-15,17-18H2,1-6H3,(H2,25,26,28)/b20-13+,21-16+/t22?,23-/m0/s1. The van der Waals surface area contributed by atoms with Crippen LogP contribution in [0, 0.1) is 0 Å². The summed E-state index contributed by atoms with van der Waals surface area (Å²) in [5.41, 5.74) is 4.35. The number of carbonyl (C=O) groups is 1. The van der Waals surface area contributed by atoms with Gasteiger partial charge < -0.3 is 15.7 Å². The van der Waals surface area contributed by atoms with E-state index in [0.717, 1.165) is 37.2 Å². The number of aliphatic hydroxyl groups excluding tert-OH is 1. The quantitative estimate of drug-likeness (QED) is 0.224. The molecule has 0 aromatic carbocycles. The van der Waals surface area contributed by atoms with E-state index in [-0.39, 0.29) is 12.1 Å². The van der Waals surface area contributed by atoms with Crippen LogP contribution in [0.25, 0.3) is 0 Å². The van der Waals surface area contributed by atoms with Crippen LogP contribution in [0.15, 0.2) is 34.9 Å². The van der Waals surface area contributed by atoms with Crippen LogP contribution in [0.2, 0.25) is 0 Å². The van der Waals surface area contributed by atoms with Gasteiger partial charge in [0, 0.05) is 12.3 Å². The van der Waals surface area contributed by atoms with Crippen molar-refractivity contribution in [1.29, 1.82) is 0 Å². The fourth-order valence-corrected chi connectivity index (χ4v) is 3.87. The zero-order chi connectivity index (χ0) is 22.1. The molecule has 0 radical (unpaired) electrons. The van der Waals surface area contributed by atoms with Gasteiger partial charge in [0.05, 0.1) is 12.1 Å². The molecule has 0 aliphatic rings. The molecule has 0 fully saturated rings. The van der Waals surface area contributed by atoms with E-state index in [4.69, 9.17) is 0 Å². The molecule has 1 unspecified atom stereocenters. The van der Waals surface area contributed by atoms with Crippen molar-refractivity contribution in [2.24, 2.45) is 0 Å². The summed E-state index contributed by atoms with van der Waals surface area (Å²) < 4.78 is 0. The Balaban J connectivity index is 3.98. The molecule has 29 heavy (non-hydrogen) atoms. The van der Waals surface area contributed by atoms with E-state index in [1.54, 1.807) is 18.7 Å². The van der Waals surface area contributed by atoms with Gasteiger partial charge in [0.2, 0.25) is 0 Å². The molecule has 4 nitrogen and oxygen atoms in total. The fraction of sp³-hybridized carbons (Fsp3) is 0.708. The SMILES string of the molecule is CCNC(=O)N[C@@H](CSCC/C=C(\C)CCC/C=C(\C)CCC=C(C)C)C(C)O. The number of unbranched alkanes of at least 4 members (excludes halogenated alkanes) is 1. The Kier molecular flexibility index (Phi) is 16.9. The van der Waals surface area contributed by atoms with Crippen molar-refractivity contribution in [3.8, 4) is 0 Å². The molecule has 0 aliphatic carbocycles. The van der Waals surface area contributed by atoms with Gasteiger partial charge in [-0.1, -0.05) is 34.9 Å². The van der Waals surface area contributed by atoms with E-state index in [1.807, 2.05) is 6.92 Å². The summed E-state index contributed by atoms with van der Waals surface area (Å²) in [4.78, 5) is 11.6. The predicted octanol–water partition coefficient (Wildman–Crippen LogP) is 5.99. The second-order valence-electron chi connectivity index (χ2n) is 8.03. The van der Waals surface area contributed by atoms with Crippen molar-refractivity contribution in [3.05, 3.63) is 34.9 Å². The number of hydrogen-bond acceptors (Lipinski definition) is 3. The summed E-state index contributed by atoms with van der Waals surface area (Å²) in [5.74, 6) is 1.72. The molecule has 168 valence electrons. The third-order valence-electron chi connectivity index (χ3n) is 4.65. The van der Waals surface area contributed by atoms with Crippen molar-refractivity contribution in [3.63, 3.8) is 0 Å². The third-order valence-corrected chi connectivity index (χ3v) is 5.77. The maximum absolute atomic E-state index is 11.6. The molecule has 2 atom stereocenters. The molecule has 2 amide bonds. The van der Waals surface area contributed by atoms with Crippen LogP contribution in [0.3, 0.4) is 0 Å². The normalized spacial score (nSPS) is 14.3. The molecule has 0 aliphatic heterocycles. The molecular formula is C24H44N2O2S. The number of allylic oxidation sites excluding steroid dienone is 6. The van der Waals surface area contributed by atoms with Crippen molar-refractivity contribution in [2.75, 3.05) is 18.1 Å². The lowest BCUT2D eigenvalue weighted by Crippen LogP contribution is -2.48. The van der Waals surface area contributed by atoms with Crippen LogP contribution in [0.5, 0.6) is 0 Å². The molecular weight excluding hydrogens is 380 g/mol. The predicted molar refractivity (Wildman–Crippen MR) is 130 cm³/mol. The molecule has 0 saturated heterocycles. The van der Waals surface area contributed by atoms with E-state index >= 15 is 0 Å². The van der Waals surface area contributed by atoms with Gasteiger partial charge in [-0.3, -0.25) is 0 Å². The Morgan fingerprint density at radius 3 is 2.28 bits per heavy atom. The number of urea groups is 1. The van der Waals surface area contributed by atoms with Gasteiger partial charge in [-0.25, -0.2) is 4.79 Å². The Morgan fingerprint density at radius 2 is 1.66 bits per heavy atom. The van der Waals surface area contributed by atoms with E-state index in [0.29, 0.717) is 6.54 Å². The monoisotopic (exact) mass is 424 g/mol. The first-order valence-electron chi connectivity index (χ1n) is 11.0. The second-order valence-corrected chi connectivity index (χ2v) is 9.18. The van der Waals surface area contributed by atoms with E-state index in [9.17, 15) is 9.90 Å². The molecule has 3 N–H and O–H groups in total. The first-order valence-corrected chi connectivity index (χ1v) is 12.2. The summed E-state index contributed by atoms with van der Waals surface area (Å²) in [6, 6.07) is -0.431. The summed E-state index contributed by atoms with van der Waals surface area (Å²) in [6.07, 6.45) is 13.3. The van der Waals surface area contributed by atoms with Crippen LogP contribution < -0.4 is 10.6 Å². The van der Waals surface area contributed by atoms with Gasteiger partial charge in [-0.05, 0) is 85.8 Å². The number of hydrogen-bond donors (Lipinski definition) is 3. The van der Waals surface area contributed by atoms with Crippen molar-refractivity contribution >= 4 is 17.8 Å². The topological polar surface area (TPSA) is 61.4 Å². The summed E-state index contributed by atoms with van der Waals surface area (Å²) in [7, 11) is 0. The molecule has 5 heteroatoms. The van der Waals surface area contributed by atoms with E-state index in [1.165, 1.54) is 29.6 Å². The van der Waals surface area contributed by atoms with Crippen LogP contribution in [0.1, 0.15) is 80.1 Å². The van der Waals surface area contributed by atoms with Gasteiger partial charge in [0.25, 0.3) is 0 Å². The minimum Gasteiger partial charge on any atom is -0.391 e. The molecule has 0 aromatic heterocycles. The second kappa shape index (κ2) is 17.6. The zero-order valence-corrected chi connectivity index (χ0v) is 20.3. The highest BCUT2D eigenvalue weighted by Crippen LogP contribution is 2.14. The van der Waals surface area contributed by atoms with Gasteiger partial charge in [-0.15, -0.1) is 0 Å². The molecule has 0 spiro atoms. The van der Waals surface area contributed by atoms with Crippen LogP contribution in [-0.2, 0) is 0 Å². The maximum atomic E-state index is 11.6. The average molecular weight is 425 g/mol. The Labute approximate surface area is 183 Å². The van der Waals surface area contributed by atoms with Gasteiger partial charge in [0.15, 0.2) is 0 Å². The minimum absolute atomic E-state index is 0.212. The number of aliphatic hydroxyl groups is 1. The van der Waals surface area contributed by atoms with Gasteiger partial charge in [0.1, 0.15) is 0 Å². The highest BCUT2D eigenvalue weighted by Gasteiger charge is 2.16. The summed E-state index contributed by atoms with van der Waals surface area (Å²) in [6.45, 7) is 12.9. The van der Waals surface area contributed by atoms with Gasteiger partial charge in [-0.2, -0.15) is 11.8 Å². The van der Waals surface area contributed by atoms with Crippen molar-refractivity contribution in [1.82, 2.24) is 10.6 Å². The van der Waals surface area contributed by atoms with E-state index in [2.05, 4.69) is 56.6 Å².